The molecule has 0 radical (unpaired) electrons. The van der Waals surface area contributed by atoms with Gasteiger partial charge in [-0.15, -0.1) is 4.40 Å². The zero-order valence-electron chi connectivity index (χ0n) is 9.65. The minimum Gasteiger partial charge on any atom is -0.355 e. The molecule has 0 unspecified atom stereocenters. The van der Waals surface area contributed by atoms with Crippen molar-refractivity contribution in [3.63, 3.8) is 0 Å². The summed E-state index contributed by atoms with van der Waals surface area (Å²) < 4.78 is 27.3. The zero-order chi connectivity index (χ0) is 11.4. The number of hydrogen-bond donors (Lipinski definition) is 0. The summed E-state index contributed by atoms with van der Waals surface area (Å²) >= 11 is 0. The Morgan fingerprint density at radius 2 is 2.12 bits per heavy atom. The van der Waals surface area contributed by atoms with Crippen LogP contribution in [0.5, 0.6) is 0 Å². The molecule has 2 bridgehead atoms. The Morgan fingerprint density at radius 3 is 2.75 bits per heavy atom. The third-order valence-electron chi connectivity index (χ3n) is 4.59. The van der Waals surface area contributed by atoms with Crippen LogP contribution in [0.4, 0.5) is 0 Å². The Balaban J connectivity index is 2.10. The Bertz CT molecular complexity index is 433. The van der Waals surface area contributed by atoms with Gasteiger partial charge in [-0.05, 0) is 32.1 Å². The molecular formula is C11H18N2O2S. The van der Waals surface area contributed by atoms with E-state index in [2.05, 4.69) is 16.2 Å². The monoisotopic (exact) mass is 242 g/mol. The van der Waals surface area contributed by atoms with Crippen molar-refractivity contribution in [3.05, 3.63) is 0 Å². The molecule has 5 heteroatoms. The molecule has 0 amide bonds. The van der Waals surface area contributed by atoms with Crippen LogP contribution in [0.15, 0.2) is 4.40 Å². The summed E-state index contributed by atoms with van der Waals surface area (Å²) in [6.07, 6.45) is 5.70. The smallest absolute Gasteiger partial charge is 0.256 e. The molecule has 0 N–H and O–H groups in total. The summed E-state index contributed by atoms with van der Waals surface area (Å²) in [7, 11) is -3.18. The summed E-state index contributed by atoms with van der Waals surface area (Å²) in [5.74, 6) is 1.09. The standard InChI is InChI=1S/C11H18N2O2S/c1-2-11-5-3-9(4-6-11)13-7-8-16(14,15)12-10(11)13/h9H,2-8H2,1H3. The van der Waals surface area contributed by atoms with Crippen molar-refractivity contribution >= 4 is 15.9 Å². The molecule has 0 atom stereocenters. The lowest BCUT2D eigenvalue weighted by molar-refractivity contribution is 0.104. The highest BCUT2D eigenvalue weighted by Gasteiger charge is 2.50. The third kappa shape index (κ3) is 1.33. The molecule has 0 aromatic heterocycles. The highest BCUT2D eigenvalue weighted by molar-refractivity contribution is 7.90. The van der Waals surface area contributed by atoms with Crippen molar-refractivity contribution < 1.29 is 8.42 Å². The van der Waals surface area contributed by atoms with E-state index in [0.29, 0.717) is 12.6 Å². The molecule has 16 heavy (non-hydrogen) atoms. The van der Waals surface area contributed by atoms with E-state index in [1.807, 2.05) is 0 Å². The number of nitrogens with zero attached hydrogens (tertiary/aromatic N) is 2. The van der Waals surface area contributed by atoms with Gasteiger partial charge < -0.3 is 4.90 Å². The van der Waals surface area contributed by atoms with E-state index in [4.69, 9.17) is 0 Å². The van der Waals surface area contributed by atoms with E-state index in [9.17, 15) is 8.42 Å². The molecule has 3 fully saturated rings. The Morgan fingerprint density at radius 1 is 1.44 bits per heavy atom. The van der Waals surface area contributed by atoms with E-state index >= 15 is 0 Å². The molecule has 0 aromatic carbocycles. The van der Waals surface area contributed by atoms with Gasteiger partial charge in [0.15, 0.2) is 0 Å². The van der Waals surface area contributed by atoms with Gasteiger partial charge in [0.25, 0.3) is 10.0 Å². The SMILES string of the molecule is CCC12CCC(CC1)N1CCS(=O)(=O)N=C12. The molecular weight excluding hydrogens is 224 g/mol. The number of rotatable bonds is 1. The second-order valence-electron chi connectivity index (χ2n) is 5.26. The number of piperidine rings is 2. The van der Waals surface area contributed by atoms with Gasteiger partial charge in [-0.1, -0.05) is 6.92 Å². The van der Waals surface area contributed by atoms with Gasteiger partial charge >= 0.3 is 0 Å². The van der Waals surface area contributed by atoms with Crippen molar-refractivity contribution in [3.8, 4) is 0 Å². The molecule has 1 saturated carbocycles. The fourth-order valence-corrected chi connectivity index (χ4v) is 4.59. The van der Waals surface area contributed by atoms with Gasteiger partial charge in [-0.25, -0.2) is 8.42 Å². The Labute approximate surface area is 96.8 Å². The van der Waals surface area contributed by atoms with E-state index in [1.165, 1.54) is 12.8 Å². The quantitative estimate of drug-likeness (QED) is 0.698. The van der Waals surface area contributed by atoms with Crippen LogP contribution in [0.1, 0.15) is 39.0 Å². The van der Waals surface area contributed by atoms with Crippen LogP contribution in [0, 0.1) is 5.41 Å². The maximum Gasteiger partial charge on any atom is 0.256 e. The van der Waals surface area contributed by atoms with Gasteiger partial charge in [-0.3, -0.25) is 0 Å². The average molecular weight is 242 g/mol. The number of sulfonamides is 1. The van der Waals surface area contributed by atoms with Gasteiger partial charge in [0.05, 0.1) is 5.75 Å². The lowest BCUT2D eigenvalue weighted by Crippen LogP contribution is -2.60. The number of fused-ring (bicyclic) bond motifs is 2. The fraction of sp³-hybridized carbons (Fsp3) is 0.909. The lowest BCUT2D eigenvalue weighted by atomic mass is 9.65. The predicted octanol–water partition coefficient (Wildman–Crippen LogP) is 1.38. The largest absolute Gasteiger partial charge is 0.355 e. The highest BCUT2D eigenvalue weighted by atomic mass is 32.2. The molecule has 3 heterocycles. The minimum absolute atomic E-state index is 0.0717. The molecule has 3 aliphatic heterocycles. The summed E-state index contributed by atoms with van der Waals surface area (Å²) in [5, 5.41) is 0. The fourth-order valence-electron chi connectivity index (χ4n) is 3.51. The zero-order valence-corrected chi connectivity index (χ0v) is 10.5. The average Bonchev–Trinajstić information content (AvgIpc) is 2.29. The van der Waals surface area contributed by atoms with Gasteiger partial charge in [0.1, 0.15) is 5.84 Å². The van der Waals surface area contributed by atoms with Crippen LogP contribution >= 0.6 is 0 Å². The van der Waals surface area contributed by atoms with Gasteiger partial charge in [0, 0.05) is 18.0 Å². The van der Waals surface area contributed by atoms with Crippen molar-refractivity contribution in [1.29, 1.82) is 0 Å². The molecule has 90 valence electrons. The molecule has 0 spiro atoms. The van der Waals surface area contributed by atoms with Gasteiger partial charge in [0.2, 0.25) is 0 Å². The molecule has 0 aromatic rings. The van der Waals surface area contributed by atoms with E-state index in [-0.39, 0.29) is 11.2 Å². The first-order valence-corrected chi connectivity index (χ1v) is 7.77. The van der Waals surface area contributed by atoms with Crippen molar-refractivity contribution in [2.24, 2.45) is 9.81 Å². The van der Waals surface area contributed by atoms with Crippen LogP contribution in [-0.2, 0) is 10.0 Å². The molecule has 4 nitrogen and oxygen atoms in total. The van der Waals surface area contributed by atoms with Crippen LogP contribution in [-0.4, -0.2) is 37.5 Å². The normalized spacial score (nSPS) is 40.4. The van der Waals surface area contributed by atoms with Crippen molar-refractivity contribution in [1.82, 2.24) is 4.90 Å². The van der Waals surface area contributed by atoms with E-state index < -0.39 is 10.0 Å². The number of hydrogen-bond acceptors (Lipinski definition) is 3. The molecule has 4 rings (SSSR count). The maximum absolute atomic E-state index is 11.6. The topological polar surface area (TPSA) is 49.7 Å². The first-order valence-electron chi connectivity index (χ1n) is 6.16. The molecule has 1 aliphatic carbocycles. The summed E-state index contributed by atoms with van der Waals surface area (Å²) in [4.78, 5) is 2.28. The van der Waals surface area contributed by atoms with Crippen molar-refractivity contribution in [2.45, 2.75) is 45.1 Å². The molecule has 2 saturated heterocycles. The van der Waals surface area contributed by atoms with Crippen LogP contribution in [0.2, 0.25) is 0 Å². The lowest BCUT2D eigenvalue weighted by Gasteiger charge is -2.55. The van der Waals surface area contributed by atoms with Crippen LogP contribution < -0.4 is 0 Å². The highest BCUT2D eigenvalue weighted by Crippen LogP contribution is 2.49. The van der Waals surface area contributed by atoms with Gasteiger partial charge in [-0.2, -0.15) is 0 Å². The summed E-state index contributed by atoms with van der Waals surface area (Å²) in [6.45, 7) is 2.82. The predicted molar refractivity (Wildman–Crippen MR) is 62.9 cm³/mol. The van der Waals surface area contributed by atoms with Crippen LogP contribution in [0.3, 0.4) is 0 Å². The number of amidine groups is 1. The summed E-state index contributed by atoms with van der Waals surface area (Å²) in [5.41, 5.74) is 0.0717. The maximum atomic E-state index is 11.6. The first-order chi connectivity index (χ1) is 7.56. The Kier molecular flexibility index (Phi) is 2.12. The van der Waals surface area contributed by atoms with E-state index in [0.717, 1.165) is 25.1 Å². The van der Waals surface area contributed by atoms with Crippen molar-refractivity contribution in [2.75, 3.05) is 12.3 Å². The summed E-state index contributed by atoms with van der Waals surface area (Å²) in [6, 6.07) is 0.558. The first kappa shape index (κ1) is 10.6. The van der Waals surface area contributed by atoms with E-state index in [1.54, 1.807) is 0 Å². The molecule has 4 aliphatic rings. The Hall–Kier alpha value is -0.580. The van der Waals surface area contributed by atoms with Crippen LogP contribution in [0.25, 0.3) is 0 Å². The second kappa shape index (κ2) is 3.22. The third-order valence-corrected chi connectivity index (χ3v) is 5.74. The second-order valence-corrected chi connectivity index (χ2v) is 7.01. The minimum atomic E-state index is -3.18.